The molecule has 16 heavy (non-hydrogen) atoms. The van der Waals surface area contributed by atoms with Crippen molar-refractivity contribution < 1.29 is 54.0 Å². The van der Waals surface area contributed by atoms with Crippen LogP contribution in [0.15, 0.2) is 24.3 Å². The number of hydrogen-bond donors (Lipinski definition) is 1. The Morgan fingerprint density at radius 3 is 2.19 bits per heavy atom. The van der Waals surface area contributed by atoms with Crippen molar-refractivity contribution >= 4 is 5.78 Å². The van der Waals surface area contributed by atoms with Gasteiger partial charge in [0.25, 0.3) is 0 Å². The van der Waals surface area contributed by atoms with Crippen LogP contribution in [0.5, 0.6) is 0 Å². The third-order valence-corrected chi connectivity index (χ3v) is 2.50. The number of rotatable bonds is 4. The second-order valence-corrected chi connectivity index (χ2v) is 4.25. The summed E-state index contributed by atoms with van der Waals surface area (Å²) in [6.07, 6.45) is -0.457. The molecule has 0 bridgehead atoms. The molecular formula is C13H18AcO2. The van der Waals surface area contributed by atoms with Crippen LogP contribution in [0.25, 0.3) is 0 Å². The molecule has 0 saturated heterocycles. The summed E-state index contributed by atoms with van der Waals surface area (Å²) >= 11 is 0. The summed E-state index contributed by atoms with van der Waals surface area (Å²) in [5.74, 6) is 0.0909. The Kier molecular flexibility index (Phi) is 7.72. The SMILES string of the molecule is Cc1ccc(C(O)CC(=O)C(C)C)cc1.[Ac]. The van der Waals surface area contributed by atoms with Gasteiger partial charge in [-0.25, -0.2) is 0 Å². The third kappa shape index (κ3) is 5.08. The fraction of sp³-hybridized carbons (Fsp3) is 0.462. The van der Waals surface area contributed by atoms with Crippen LogP contribution in [-0.2, 0) is 4.79 Å². The minimum absolute atomic E-state index is 0. The first-order valence-electron chi connectivity index (χ1n) is 5.28. The van der Waals surface area contributed by atoms with Crippen LogP contribution in [0.4, 0.5) is 0 Å². The molecule has 0 aliphatic carbocycles. The molecule has 0 aliphatic heterocycles. The molecule has 3 heteroatoms. The largest absolute Gasteiger partial charge is 0.388 e. The number of aliphatic hydroxyl groups excluding tert-OH is 1. The number of benzene rings is 1. The van der Waals surface area contributed by atoms with Crippen LogP contribution in [-0.4, -0.2) is 10.9 Å². The van der Waals surface area contributed by atoms with Gasteiger partial charge in [-0.05, 0) is 12.5 Å². The van der Waals surface area contributed by atoms with Crippen molar-refractivity contribution in [3.8, 4) is 0 Å². The average molecular weight is 433 g/mol. The van der Waals surface area contributed by atoms with Gasteiger partial charge < -0.3 is 5.11 Å². The summed E-state index contributed by atoms with van der Waals surface area (Å²) in [6.45, 7) is 5.70. The Morgan fingerprint density at radius 1 is 1.25 bits per heavy atom. The smallest absolute Gasteiger partial charge is 0.138 e. The summed E-state index contributed by atoms with van der Waals surface area (Å²) in [5.41, 5.74) is 1.97. The molecule has 0 heterocycles. The Bertz CT molecular complexity index is 330. The second kappa shape index (κ2) is 7.59. The summed E-state index contributed by atoms with van der Waals surface area (Å²) in [4.78, 5) is 11.4. The molecule has 1 radical (unpaired) electrons. The number of Topliss-reactive ketones (excluding diaryl/α,β-unsaturated/α-hetero) is 1. The minimum atomic E-state index is -0.666. The van der Waals surface area contributed by atoms with E-state index in [1.54, 1.807) is 0 Å². The molecule has 1 atom stereocenters. The number of aryl methyl sites for hydroxylation is 1. The van der Waals surface area contributed by atoms with Crippen LogP contribution >= 0.6 is 0 Å². The van der Waals surface area contributed by atoms with Crippen molar-refractivity contribution in [2.24, 2.45) is 5.92 Å². The van der Waals surface area contributed by atoms with E-state index < -0.39 is 6.10 Å². The zero-order valence-corrected chi connectivity index (χ0v) is 14.8. The fourth-order valence-corrected chi connectivity index (χ4v) is 1.33. The second-order valence-electron chi connectivity index (χ2n) is 4.25. The first-order chi connectivity index (χ1) is 7.00. The maximum Gasteiger partial charge on any atom is 0.138 e. The Hall–Kier alpha value is 0.292. The molecule has 85 valence electrons. The van der Waals surface area contributed by atoms with Gasteiger partial charge in [0.2, 0.25) is 0 Å². The molecule has 0 fully saturated rings. The molecular weight excluding hydrogens is 415 g/mol. The number of carbonyl (C=O) groups is 1. The van der Waals surface area contributed by atoms with E-state index in [2.05, 4.69) is 0 Å². The number of ketones is 1. The molecule has 1 rings (SSSR count). The molecule has 1 aromatic carbocycles. The third-order valence-electron chi connectivity index (χ3n) is 2.50. The van der Waals surface area contributed by atoms with Gasteiger partial charge in [0, 0.05) is 56.4 Å². The van der Waals surface area contributed by atoms with E-state index in [0.717, 1.165) is 11.1 Å². The number of hydrogen-bond acceptors (Lipinski definition) is 2. The topological polar surface area (TPSA) is 37.3 Å². The molecule has 1 aromatic rings. The molecule has 0 amide bonds. The van der Waals surface area contributed by atoms with E-state index in [1.807, 2.05) is 45.0 Å². The molecule has 0 saturated carbocycles. The van der Waals surface area contributed by atoms with Crippen LogP contribution in [0.2, 0.25) is 0 Å². The van der Waals surface area contributed by atoms with Gasteiger partial charge in [-0.2, -0.15) is 0 Å². The van der Waals surface area contributed by atoms with Crippen LogP contribution in [0, 0.1) is 56.9 Å². The maximum absolute atomic E-state index is 11.4. The molecule has 0 aliphatic rings. The monoisotopic (exact) mass is 433 g/mol. The Balaban J connectivity index is 0.00000225. The van der Waals surface area contributed by atoms with Crippen molar-refractivity contribution in [2.75, 3.05) is 0 Å². The van der Waals surface area contributed by atoms with E-state index in [4.69, 9.17) is 0 Å². The first kappa shape index (κ1) is 16.3. The normalized spacial score (nSPS) is 12.1. The van der Waals surface area contributed by atoms with Crippen molar-refractivity contribution in [1.82, 2.24) is 0 Å². The van der Waals surface area contributed by atoms with Gasteiger partial charge in [-0.15, -0.1) is 0 Å². The van der Waals surface area contributed by atoms with Crippen LogP contribution < -0.4 is 0 Å². The first-order valence-corrected chi connectivity index (χ1v) is 5.28. The van der Waals surface area contributed by atoms with Crippen molar-refractivity contribution in [3.05, 3.63) is 35.4 Å². The van der Waals surface area contributed by atoms with Crippen molar-refractivity contribution in [2.45, 2.75) is 33.3 Å². The van der Waals surface area contributed by atoms with E-state index in [0.29, 0.717) is 0 Å². The van der Waals surface area contributed by atoms with Gasteiger partial charge in [0.15, 0.2) is 0 Å². The van der Waals surface area contributed by atoms with Gasteiger partial charge in [0.05, 0.1) is 6.10 Å². The van der Waals surface area contributed by atoms with Crippen molar-refractivity contribution in [3.63, 3.8) is 0 Å². The van der Waals surface area contributed by atoms with Gasteiger partial charge in [0.1, 0.15) is 5.78 Å². The fourth-order valence-electron chi connectivity index (χ4n) is 1.33. The van der Waals surface area contributed by atoms with Crippen LogP contribution in [0.1, 0.15) is 37.5 Å². The quantitative estimate of drug-likeness (QED) is 0.793. The Labute approximate surface area is 133 Å². The van der Waals surface area contributed by atoms with E-state index in [1.165, 1.54) is 0 Å². The van der Waals surface area contributed by atoms with E-state index in [9.17, 15) is 9.90 Å². The summed E-state index contributed by atoms with van der Waals surface area (Å²) < 4.78 is 0. The standard InChI is InChI=1S/C13H18O2.Ac/c1-9(2)12(14)8-13(15)11-6-4-10(3)5-7-11;/h4-7,9,13,15H,8H2,1-3H3;. The molecule has 0 aromatic heterocycles. The average Bonchev–Trinajstić information content (AvgIpc) is 2.18. The Morgan fingerprint density at radius 2 is 1.75 bits per heavy atom. The molecule has 1 N–H and O–H groups in total. The molecule has 2 nitrogen and oxygen atoms in total. The predicted octanol–water partition coefficient (Wildman–Crippen LogP) is 2.64. The molecule has 1 unspecified atom stereocenters. The van der Waals surface area contributed by atoms with Gasteiger partial charge in [-0.1, -0.05) is 43.7 Å². The summed E-state index contributed by atoms with van der Waals surface area (Å²) in [7, 11) is 0. The zero-order chi connectivity index (χ0) is 11.4. The summed E-state index contributed by atoms with van der Waals surface area (Å²) in [5, 5.41) is 9.81. The van der Waals surface area contributed by atoms with E-state index >= 15 is 0 Å². The minimum Gasteiger partial charge on any atom is -0.388 e. The van der Waals surface area contributed by atoms with Crippen LogP contribution in [0.3, 0.4) is 0 Å². The molecule has 0 spiro atoms. The van der Waals surface area contributed by atoms with Gasteiger partial charge in [-0.3, -0.25) is 4.79 Å². The van der Waals surface area contributed by atoms with Gasteiger partial charge >= 0.3 is 0 Å². The van der Waals surface area contributed by atoms with Crippen molar-refractivity contribution in [1.29, 1.82) is 0 Å². The number of carbonyl (C=O) groups excluding carboxylic acids is 1. The van der Waals surface area contributed by atoms with E-state index in [-0.39, 0.29) is 62.2 Å². The number of aliphatic hydroxyl groups is 1. The maximum atomic E-state index is 11.4. The zero-order valence-electron chi connectivity index (χ0n) is 10.1. The predicted molar refractivity (Wildman–Crippen MR) is 60.6 cm³/mol. The summed E-state index contributed by atoms with van der Waals surface area (Å²) in [6, 6.07) is 7.62.